The van der Waals surface area contributed by atoms with Crippen molar-refractivity contribution >= 4 is 22.6 Å². The van der Waals surface area contributed by atoms with Crippen molar-refractivity contribution in [3.8, 4) is 11.1 Å². The molecule has 0 atom stereocenters. The fraction of sp³-hybridized carbons (Fsp3) is 0.238. The highest BCUT2D eigenvalue weighted by Gasteiger charge is 2.26. The molecule has 0 aliphatic carbocycles. The fourth-order valence-corrected chi connectivity index (χ4v) is 4.22. The van der Waals surface area contributed by atoms with E-state index in [-0.39, 0.29) is 11.5 Å². The van der Waals surface area contributed by atoms with Crippen LogP contribution in [0.3, 0.4) is 0 Å². The Labute approximate surface area is 165 Å². The van der Waals surface area contributed by atoms with E-state index in [1.165, 1.54) is 4.90 Å². The van der Waals surface area contributed by atoms with E-state index in [0.29, 0.717) is 31.6 Å². The first kappa shape index (κ1) is 17.4. The van der Waals surface area contributed by atoms with Crippen molar-refractivity contribution in [1.29, 1.82) is 0 Å². The van der Waals surface area contributed by atoms with E-state index in [0.717, 1.165) is 27.7 Å². The summed E-state index contributed by atoms with van der Waals surface area (Å²) >= 11 is 0. The Kier molecular flexibility index (Phi) is 4.04. The van der Waals surface area contributed by atoms with Crippen LogP contribution >= 0.6 is 0 Å². The van der Waals surface area contributed by atoms with Gasteiger partial charge in [0.1, 0.15) is 5.65 Å². The zero-order chi connectivity index (χ0) is 20.0. The lowest BCUT2D eigenvalue weighted by Gasteiger charge is -2.30. The van der Waals surface area contributed by atoms with E-state index in [9.17, 15) is 14.7 Å². The van der Waals surface area contributed by atoms with Gasteiger partial charge in [0.05, 0.1) is 16.6 Å². The average molecular weight is 389 g/mol. The number of pyridine rings is 1. The first-order chi connectivity index (χ1) is 14.1. The van der Waals surface area contributed by atoms with Crippen LogP contribution in [0, 0.1) is 0 Å². The fourth-order valence-electron chi connectivity index (χ4n) is 4.22. The summed E-state index contributed by atoms with van der Waals surface area (Å²) in [7, 11) is 0. The van der Waals surface area contributed by atoms with Crippen LogP contribution in [0.25, 0.3) is 27.7 Å². The van der Waals surface area contributed by atoms with Gasteiger partial charge in [-0.1, -0.05) is 12.1 Å². The number of hydrogen-bond donors (Lipinski definition) is 2. The van der Waals surface area contributed by atoms with E-state index in [1.54, 1.807) is 18.5 Å². The van der Waals surface area contributed by atoms with Crippen LogP contribution in [0.15, 0.2) is 53.6 Å². The van der Waals surface area contributed by atoms with Crippen molar-refractivity contribution in [3.05, 3.63) is 64.8 Å². The topological polar surface area (TPSA) is 104 Å². The van der Waals surface area contributed by atoms with Gasteiger partial charge >= 0.3 is 6.09 Å². The molecule has 4 aromatic rings. The highest BCUT2D eigenvalue weighted by atomic mass is 16.4. The molecule has 146 valence electrons. The highest BCUT2D eigenvalue weighted by Crippen LogP contribution is 2.33. The Bertz CT molecular complexity index is 1270. The Balaban J connectivity index is 1.68. The Morgan fingerprint density at radius 1 is 1.14 bits per heavy atom. The van der Waals surface area contributed by atoms with E-state index in [1.807, 2.05) is 34.8 Å². The molecule has 29 heavy (non-hydrogen) atoms. The van der Waals surface area contributed by atoms with Crippen molar-refractivity contribution in [2.45, 2.75) is 18.8 Å². The number of rotatable bonds is 2. The van der Waals surface area contributed by atoms with Crippen molar-refractivity contribution < 1.29 is 9.90 Å². The number of piperidine rings is 1. The van der Waals surface area contributed by atoms with Gasteiger partial charge < -0.3 is 15.0 Å². The molecule has 2 N–H and O–H groups in total. The zero-order valence-electron chi connectivity index (χ0n) is 15.6. The summed E-state index contributed by atoms with van der Waals surface area (Å²) in [5, 5.41) is 14.9. The Hall–Kier alpha value is -3.68. The maximum Gasteiger partial charge on any atom is 0.407 e. The van der Waals surface area contributed by atoms with Crippen LogP contribution < -0.4 is 5.56 Å². The zero-order valence-corrected chi connectivity index (χ0v) is 15.6. The largest absolute Gasteiger partial charge is 0.465 e. The number of fused-ring (bicyclic) bond motifs is 3. The van der Waals surface area contributed by atoms with Crippen molar-refractivity contribution in [2.75, 3.05) is 13.1 Å². The first-order valence-corrected chi connectivity index (χ1v) is 9.55. The minimum absolute atomic E-state index is 0.0779. The maximum atomic E-state index is 12.5. The molecule has 3 aromatic heterocycles. The van der Waals surface area contributed by atoms with Gasteiger partial charge in [0.2, 0.25) is 0 Å². The maximum absolute atomic E-state index is 12.5. The quantitative estimate of drug-likeness (QED) is 0.548. The molecule has 8 nitrogen and oxygen atoms in total. The summed E-state index contributed by atoms with van der Waals surface area (Å²) in [5.74, 6) is 0.0779. The van der Waals surface area contributed by atoms with E-state index in [2.05, 4.69) is 9.97 Å². The highest BCUT2D eigenvalue weighted by molar-refractivity contribution is 6.03. The number of carboxylic acid groups (broad SMARTS) is 1. The third-order valence-corrected chi connectivity index (χ3v) is 5.64. The van der Waals surface area contributed by atoms with Crippen molar-refractivity contribution in [2.24, 2.45) is 0 Å². The van der Waals surface area contributed by atoms with Crippen LogP contribution in [0.4, 0.5) is 4.79 Å². The molecule has 1 aromatic carbocycles. The van der Waals surface area contributed by atoms with Gasteiger partial charge in [-0.3, -0.25) is 9.78 Å². The second-order valence-corrected chi connectivity index (χ2v) is 7.30. The second kappa shape index (κ2) is 6.73. The van der Waals surface area contributed by atoms with Crippen LogP contribution in [-0.2, 0) is 0 Å². The van der Waals surface area contributed by atoms with Gasteiger partial charge in [-0.05, 0) is 42.2 Å². The van der Waals surface area contributed by atoms with Gasteiger partial charge in [0, 0.05) is 37.5 Å². The normalized spacial score (nSPS) is 15.2. The molecule has 0 bridgehead atoms. The van der Waals surface area contributed by atoms with Gasteiger partial charge in [0.25, 0.3) is 5.56 Å². The molecule has 5 rings (SSSR count). The summed E-state index contributed by atoms with van der Waals surface area (Å²) in [6.45, 7) is 0.911. The monoisotopic (exact) mass is 389 g/mol. The van der Waals surface area contributed by atoms with Crippen LogP contribution in [0.2, 0.25) is 0 Å². The van der Waals surface area contributed by atoms with Gasteiger partial charge in [0.15, 0.2) is 0 Å². The molecule has 8 heteroatoms. The van der Waals surface area contributed by atoms with E-state index in [4.69, 9.17) is 5.10 Å². The lowest BCUT2D eigenvalue weighted by molar-refractivity contribution is 0.131. The minimum Gasteiger partial charge on any atom is -0.465 e. The lowest BCUT2D eigenvalue weighted by Crippen LogP contribution is -2.37. The predicted molar refractivity (Wildman–Crippen MR) is 108 cm³/mol. The number of hydrogen-bond acceptors (Lipinski definition) is 4. The average Bonchev–Trinajstić information content (AvgIpc) is 3.12. The van der Waals surface area contributed by atoms with Crippen molar-refractivity contribution in [1.82, 2.24) is 24.5 Å². The smallest absolute Gasteiger partial charge is 0.407 e. The number of aromatic amines is 1. The van der Waals surface area contributed by atoms with E-state index < -0.39 is 6.09 Å². The minimum atomic E-state index is -0.897. The van der Waals surface area contributed by atoms with Crippen LogP contribution in [-0.4, -0.2) is 48.8 Å². The van der Waals surface area contributed by atoms with Gasteiger partial charge in [-0.25, -0.2) is 9.31 Å². The molecule has 0 unspecified atom stereocenters. The Morgan fingerprint density at radius 3 is 2.62 bits per heavy atom. The summed E-state index contributed by atoms with van der Waals surface area (Å²) in [5.41, 5.74) is 4.08. The van der Waals surface area contributed by atoms with Crippen LogP contribution in [0.1, 0.15) is 24.5 Å². The molecule has 1 aliphatic rings. The SMILES string of the molecule is O=C(O)N1CCC(c2cc(=O)[nH]c3c4c(-c5ccncc5)cccc4nn23)CC1. The molecule has 1 aliphatic heterocycles. The number of amides is 1. The third-order valence-electron chi connectivity index (χ3n) is 5.64. The molecule has 1 amide bonds. The summed E-state index contributed by atoms with van der Waals surface area (Å²) in [6, 6.07) is 11.3. The molecule has 1 fully saturated rings. The lowest BCUT2D eigenvalue weighted by atomic mass is 9.93. The standard InChI is InChI=1S/C21H19N5O3/c27-18-12-17(14-6-10-25(11-7-14)21(28)29)26-20(23-18)19-15(2-1-3-16(19)24-26)13-4-8-22-9-5-13/h1-5,8-9,12,14H,6-7,10-11H2,(H,23,27)(H,28,29). The van der Waals surface area contributed by atoms with E-state index >= 15 is 0 Å². The first-order valence-electron chi connectivity index (χ1n) is 9.55. The number of aromatic nitrogens is 4. The number of H-pyrrole nitrogens is 1. The van der Waals surface area contributed by atoms with Gasteiger partial charge in [-0.15, -0.1) is 0 Å². The van der Waals surface area contributed by atoms with Crippen LogP contribution in [0.5, 0.6) is 0 Å². The van der Waals surface area contributed by atoms with Crippen molar-refractivity contribution in [3.63, 3.8) is 0 Å². The number of benzene rings is 1. The molecular formula is C21H19N5O3. The number of nitrogens with one attached hydrogen (secondary N) is 1. The Morgan fingerprint density at radius 2 is 1.90 bits per heavy atom. The summed E-state index contributed by atoms with van der Waals surface area (Å²) in [6.07, 6.45) is 3.91. The molecule has 4 heterocycles. The number of carbonyl (C=O) groups is 1. The molecule has 0 spiro atoms. The molecule has 1 saturated heterocycles. The third kappa shape index (κ3) is 2.93. The summed E-state index contributed by atoms with van der Waals surface area (Å²) in [4.78, 5) is 32.2. The number of nitrogens with zero attached hydrogens (tertiary/aromatic N) is 4. The second-order valence-electron chi connectivity index (χ2n) is 7.30. The molecule has 0 radical (unpaired) electrons. The number of likely N-dealkylation sites (tertiary alicyclic amines) is 1. The summed E-state index contributed by atoms with van der Waals surface area (Å²) < 4.78 is 1.82. The molecular weight excluding hydrogens is 370 g/mol. The predicted octanol–water partition coefficient (Wildman–Crippen LogP) is 3.10. The molecule has 0 saturated carbocycles. The van der Waals surface area contributed by atoms with Gasteiger partial charge in [-0.2, -0.15) is 5.10 Å².